The fraction of sp³-hybridized carbons (Fsp3) is 0.467. The van der Waals surface area contributed by atoms with Crippen molar-refractivity contribution in [2.24, 2.45) is 0 Å². The fourth-order valence-corrected chi connectivity index (χ4v) is 1.85. The summed E-state index contributed by atoms with van der Waals surface area (Å²) in [5, 5.41) is 3.28. The highest BCUT2D eigenvalue weighted by molar-refractivity contribution is 5.76. The van der Waals surface area contributed by atoms with Crippen LogP contribution in [0.1, 0.15) is 25.5 Å². The lowest BCUT2D eigenvalue weighted by Crippen LogP contribution is -2.12. The van der Waals surface area contributed by atoms with E-state index in [1.54, 1.807) is 0 Å². The van der Waals surface area contributed by atoms with E-state index in [1.165, 1.54) is 6.42 Å². The molecule has 2 aromatic rings. The van der Waals surface area contributed by atoms with Gasteiger partial charge in [-0.3, -0.25) is 0 Å². The molecule has 0 aliphatic heterocycles. The van der Waals surface area contributed by atoms with E-state index in [2.05, 4.69) is 22.2 Å². The summed E-state index contributed by atoms with van der Waals surface area (Å²) in [6, 6.07) is 7.91. The molecule has 2 rings (SSSR count). The Morgan fingerprint density at radius 1 is 1.11 bits per heavy atom. The normalized spacial score (nSPS) is 10.8. The third kappa shape index (κ3) is 3.89. The Morgan fingerprint density at radius 3 is 2.58 bits per heavy atom. The summed E-state index contributed by atoms with van der Waals surface area (Å²) in [6.45, 7) is 6.43. The maximum Gasteiger partial charge on any atom is 0.148 e. The first kappa shape index (κ1) is 13.7. The molecule has 0 saturated heterocycles. The van der Waals surface area contributed by atoms with E-state index in [0.717, 1.165) is 42.1 Å². The number of hydrogen-bond acceptors (Lipinski definition) is 4. The Bertz CT molecular complexity index is 528. The second-order valence-electron chi connectivity index (χ2n) is 4.54. The van der Waals surface area contributed by atoms with Gasteiger partial charge in [-0.15, -0.1) is 0 Å². The van der Waals surface area contributed by atoms with Crippen LogP contribution in [0.3, 0.4) is 0 Å². The van der Waals surface area contributed by atoms with Gasteiger partial charge >= 0.3 is 0 Å². The van der Waals surface area contributed by atoms with Crippen LogP contribution in [-0.4, -0.2) is 29.7 Å². The Labute approximate surface area is 114 Å². The summed E-state index contributed by atoms with van der Waals surface area (Å²) in [5.74, 6) is 0.845. The number of hydrogen-bond donors (Lipinski definition) is 1. The summed E-state index contributed by atoms with van der Waals surface area (Å²) >= 11 is 0. The lowest BCUT2D eigenvalue weighted by molar-refractivity contribution is 0.141. The van der Waals surface area contributed by atoms with Crippen molar-refractivity contribution < 1.29 is 4.74 Å². The third-order valence-corrected chi connectivity index (χ3v) is 2.93. The summed E-state index contributed by atoms with van der Waals surface area (Å²) in [6.07, 6.45) is 2.29. The van der Waals surface area contributed by atoms with Gasteiger partial charge in [-0.2, -0.15) is 0 Å². The molecule has 0 radical (unpaired) electrons. The van der Waals surface area contributed by atoms with Crippen LogP contribution in [-0.2, 0) is 4.74 Å². The molecule has 0 aliphatic carbocycles. The first-order valence-corrected chi connectivity index (χ1v) is 6.86. The highest BCUT2D eigenvalue weighted by Gasteiger charge is 2.03. The van der Waals surface area contributed by atoms with Crippen LogP contribution in [0.15, 0.2) is 24.3 Å². The zero-order chi connectivity index (χ0) is 13.5. The SMILES string of the molecule is CCCCOCCNc1nc2ccccc2nc1C. The molecule has 102 valence electrons. The van der Waals surface area contributed by atoms with Crippen molar-refractivity contribution in [1.82, 2.24) is 9.97 Å². The standard InChI is InChI=1S/C15H21N3O/c1-3-4-10-19-11-9-16-15-12(2)17-13-7-5-6-8-14(13)18-15/h5-8H,3-4,9-11H2,1-2H3,(H,16,18). The predicted octanol–water partition coefficient (Wildman–Crippen LogP) is 3.17. The molecule has 0 unspecified atom stereocenters. The van der Waals surface area contributed by atoms with E-state index in [-0.39, 0.29) is 0 Å². The van der Waals surface area contributed by atoms with Crippen molar-refractivity contribution in [2.45, 2.75) is 26.7 Å². The molecular formula is C15H21N3O. The van der Waals surface area contributed by atoms with Crippen LogP contribution < -0.4 is 5.32 Å². The van der Waals surface area contributed by atoms with Crippen LogP contribution in [0.2, 0.25) is 0 Å². The van der Waals surface area contributed by atoms with Gasteiger partial charge in [0, 0.05) is 13.2 Å². The molecule has 19 heavy (non-hydrogen) atoms. The first-order valence-electron chi connectivity index (χ1n) is 6.86. The Morgan fingerprint density at radius 2 is 1.84 bits per heavy atom. The van der Waals surface area contributed by atoms with Gasteiger partial charge in [-0.1, -0.05) is 25.5 Å². The molecule has 1 aromatic carbocycles. The van der Waals surface area contributed by atoms with Crippen LogP contribution in [0, 0.1) is 6.92 Å². The Balaban J connectivity index is 1.91. The number of nitrogens with zero attached hydrogens (tertiary/aromatic N) is 2. The van der Waals surface area contributed by atoms with Crippen molar-refractivity contribution in [3.05, 3.63) is 30.0 Å². The molecule has 0 spiro atoms. The van der Waals surface area contributed by atoms with Crippen molar-refractivity contribution >= 4 is 16.9 Å². The molecule has 0 aliphatic rings. The van der Waals surface area contributed by atoms with Crippen LogP contribution in [0.5, 0.6) is 0 Å². The molecule has 1 heterocycles. The van der Waals surface area contributed by atoms with E-state index in [9.17, 15) is 0 Å². The maximum atomic E-state index is 5.51. The second-order valence-corrected chi connectivity index (χ2v) is 4.54. The number of fused-ring (bicyclic) bond motifs is 1. The topological polar surface area (TPSA) is 47.0 Å². The number of nitrogens with one attached hydrogen (secondary N) is 1. The molecule has 4 heteroatoms. The number of rotatable bonds is 7. The summed E-state index contributed by atoms with van der Waals surface area (Å²) in [5.41, 5.74) is 2.78. The quantitative estimate of drug-likeness (QED) is 0.776. The average Bonchev–Trinajstić information content (AvgIpc) is 2.43. The van der Waals surface area contributed by atoms with Gasteiger partial charge < -0.3 is 10.1 Å². The van der Waals surface area contributed by atoms with E-state index in [0.29, 0.717) is 6.61 Å². The first-order chi connectivity index (χ1) is 9.31. The summed E-state index contributed by atoms with van der Waals surface area (Å²) < 4.78 is 5.51. The molecule has 0 amide bonds. The molecule has 0 saturated carbocycles. The molecule has 4 nitrogen and oxygen atoms in total. The van der Waals surface area contributed by atoms with Gasteiger partial charge in [0.05, 0.1) is 23.3 Å². The zero-order valence-corrected chi connectivity index (χ0v) is 11.6. The van der Waals surface area contributed by atoms with Gasteiger partial charge in [0.2, 0.25) is 0 Å². The number of benzene rings is 1. The van der Waals surface area contributed by atoms with Crippen molar-refractivity contribution in [2.75, 3.05) is 25.1 Å². The number of anilines is 1. The number of aryl methyl sites for hydroxylation is 1. The lowest BCUT2D eigenvalue weighted by Gasteiger charge is -2.09. The van der Waals surface area contributed by atoms with Crippen molar-refractivity contribution in [1.29, 1.82) is 0 Å². The highest BCUT2D eigenvalue weighted by atomic mass is 16.5. The molecule has 1 aromatic heterocycles. The Kier molecular flexibility index (Phi) is 5.10. The van der Waals surface area contributed by atoms with E-state index in [4.69, 9.17) is 4.74 Å². The number of unbranched alkanes of at least 4 members (excludes halogenated alkanes) is 1. The number of ether oxygens (including phenoxy) is 1. The van der Waals surface area contributed by atoms with Crippen molar-refractivity contribution in [3.8, 4) is 0 Å². The minimum Gasteiger partial charge on any atom is -0.380 e. The fourth-order valence-electron chi connectivity index (χ4n) is 1.85. The molecule has 0 bridgehead atoms. The molecule has 0 atom stereocenters. The van der Waals surface area contributed by atoms with Crippen LogP contribution in [0.25, 0.3) is 11.0 Å². The third-order valence-electron chi connectivity index (χ3n) is 2.93. The van der Waals surface area contributed by atoms with Gasteiger partial charge in [0.15, 0.2) is 0 Å². The molecule has 0 fully saturated rings. The maximum absolute atomic E-state index is 5.51. The molecule has 1 N–H and O–H groups in total. The van der Waals surface area contributed by atoms with Crippen LogP contribution in [0.4, 0.5) is 5.82 Å². The lowest BCUT2D eigenvalue weighted by atomic mass is 10.3. The summed E-state index contributed by atoms with van der Waals surface area (Å²) in [7, 11) is 0. The van der Waals surface area contributed by atoms with E-state index >= 15 is 0 Å². The van der Waals surface area contributed by atoms with E-state index < -0.39 is 0 Å². The minimum atomic E-state index is 0.702. The van der Waals surface area contributed by atoms with Gasteiger partial charge in [0.25, 0.3) is 0 Å². The van der Waals surface area contributed by atoms with Gasteiger partial charge in [-0.05, 0) is 25.5 Å². The predicted molar refractivity (Wildman–Crippen MR) is 78.5 cm³/mol. The van der Waals surface area contributed by atoms with Crippen LogP contribution >= 0.6 is 0 Å². The largest absolute Gasteiger partial charge is 0.380 e. The Hall–Kier alpha value is -1.68. The second kappa shape index (κ2) is 7.04. The van der Waals surface area contributed by atoms with Crippen molar-refractivity contribution in [3.63, 3.8) is 0 Å². The number of para-hydroxylation sites is 2. The average molecular weight is 259 g/mol. The highest BCUT2D eigenvalue weighted by Crippen LogP contribution is 2.15. The van der Waals surface area contributed by atoms with Gasteiger partial charge in [-0.25, -0.2) is 9.97 Å². The van der Waals surface area contributed by atoms with Gasteiger partial charge in [0.1, 0.15) is 5.82 Å². The van der Waals surface area contributed by atoms with E-state index in [1.807, 2.05) is 31.2 Å². The summed E-state index contributed by atoms with van der Waals surface area (Å²) in [4.78, 5) is 9.12. The number of aromatic nitrogens is 2. The zero-order valence-electron chi connectivity index (χ0n) is 11.6. The smallest absolute Gasteiger partial charge is 0.148 e. The molecular weight excluding hydrogens is 238 g/mol. The monoisotopic (exact) mass is 259 g/mol. The minimum absolute atomic E-state index is 0.702.